The quantitative estimate of drug-likeness (QED) is 0.132. The lowest BCUT2D eigenvalue weighted by molar-refractivity contribution is -0.113. The minimum Gasteiger partial charge on any atom is -0.490 e. The highest BCUT2D eigenvalue weighted by molar-refractivity contribution is 14.1. The van der Waals surface area contributed by atoms with Gasteiger partial charge >= 0.3 is 0 Å². The normalized spacial score (nSPS) is 15.0. The number of amidine groups is 1. The lowest BCUT2D eigenvalue weighted by Gasteiger charge is -2.17. The number of aliphatic imine (C=N–C) groups is 1. The molecule has 0 atom stereocenters. The lowest BCUT2D eigenvalue weighted by atomic mass is 10.1. The summed E-state index contributed by atoms with van der Waals surface area (Å²) in [6, 6.07) is 22.5. The van der Waals surface area contributed by atoms with Gasteiger partial charge in [0.25, 0.3) is 5.91 Å². The van der Waals surface area contributed by atoms with E-state index in [1.807, 2.05) is 87.5 Å². The lowest BCUT2D eigenvalue weighted by Crippen LogP contribution is -2.28. The number of hydrogen-bond acceptors (Lipinski definition) is 5. The first-order chi connectivity index (χ1) is 20.6. The smallest absolute Gasteiger partial charge is 0.271 e. The van der Waals surface area contributed by atoms with Crippen LogP contribution in [-0.4, -0.2) is 17.7 Å². The Morgan fingerprint density at radius 3 is 2.37 bits per heavy atom. The van der Waals surface area contributed by atoms with Crippen LogP contribution < -0.4 is 14.4 Å². The summed E-state index contributed by atoms with van der Waals surface area (Å²) in [7, 11) is 0. The van der Waals surface area contributed by atoms with Gasteiger partial charge in [0.05, 0.1) is 26.5 Å². The van der Waals surface area contributed by atoms with Crippen molar-refractivity contribution in [2.75, 3.05) is 11.5 Å². The van der Waals surface area contributed by atoms with E-state index in [9.17, 15) is 4.79 Å². The Labute approximate surface area is 284 Å². The highest BCUT2D eigenvalue weighted by atomic mass is 127. The fourth-order valence-corrected chi connectivity index (χ4v) is 6.61. The third kappa shape index (κ3) is 7.52. The molecule has 0 bridgehead atoms. The number of aryl methyl sites for hydroxylation is 2. The molecule has 0 aromatic heterocycles. The van der Waals surface area contributed by atoms with E-state index in [0.29, 0.717) is 61.2 Å². The number of halogens is 4. The predicted octanol–water partition coefficient (Wildman–Crippen LogP) is 10.7. The van der Waals surface area contributed by atoms with E-state index in [0.717, 1.165) is 25.8 Å². The molecular weight excluding hydrogens is 738 g/mol. The molecule has 1 amide bonds. The number of ether oxygens (including phenoxy) is 2. The Balaban J connectivity index is 1.51. The van der Waals surface area contributed by atoms with E-state index in [1.54, 1.807) is 17.0 Å². The molecule has 0 unspecified atom stereocenters. The van der Waals surface area contributed by atoms with Crippen molar-refractivity contribution in [2.24, 2.45) is 4.99 Å². The van der Waals surface area contributed by atoms with Crippen LogP contribution in [0.5, 0.6) is 11.5 Å². The molecule has 5 rings (SSSR count). The molecule has 1 saturated heterocycles. The minimum atomic E-state index is -0.212. The van der Waals surface area contributed by atoms with E-state index in [4.69, 9.17) is 49.3 Å². The summed E-state index contributed by atoms with van der Waals surface area (Å²) in [5, 5.41) is 2.32. The molecule has 0 aliphatic carbocycles. The Bertz CT molecular complexity index is 1780. The van der Waals surface area contributed by atoms with Gasteiger partial charge < -0.3 is 9.47 Å². The third-order valence-electron chi connectivity index (χ3n) is 6.50. The average molecular weight is 764 g/mol. The number of hydrogen-bond donors (Lipinski definition) is 0. The second-order valence-electron chi connectivity index (χ2n) is 9.69. The van der Waals surface area contributed by atoms with E-state index >= 15 is 0 Å². The number of benzene rings is 4. The largest absolute Gasteiger partial charge is 0.490 e. The molecule has 1 fully saturated rings. The molecule has 10 heteroatoms. The SMILES string of the molecule is CCOc1cc(/C=C2/SC(=Nc3ccc(C)c(Cl)c3)N(c3ccc(C)c(Cl)c3)C2=O)cc(I)c1OCc1cccc(Cl)c1. The molecule has 0 spiro atoms. The van der Waals surface area contributed by atoms with Crippen LogP contribution in [0.1, 0.15) is 29.2 Å². The Morgan fingerprint density at radius 2 is 1.67 bits per heavy atom. The van der Waals surface area contributed by atoms with Crippen molar-refractivity contribution in [3.05, 3.63) is 119 Å². The molecule has 1 heterocycles. The standard InChI is InChI=1S/C33H26Cl3IN2O3S/c1-4-41-29-14-22(13-28(37)31(29)42-18-21-6-5-7-23(34)12-21)15-30-32(40)39(25-11-9-20(3)27(36)17-25)33(43-30)38-24-10-8-19(2)26(35)16-24/h5-17H,4,18H2,1-3H3/b30-15+,38-33?. The highest BCUT2D eigenvalue weighted by Crippen LogP contribution is 2.41. The van der Waals surface area contributed by atoms with Gasteiger partial charge in [-0.05, 0) is 132 Å². The van der Waals surface area contributed by atoms with Gasteiger partial charge in [-0.25, -0.2) is 4.99 Å². The van der Waals surface area contributed by atoms with Crippen LogP contribution in [0.3, 0.4) is 0 Å². The van der Waals surface area contributed by atoms with Crippen LogP contribution in [0.25, 0.3) is 6.08 Å². The summed E-state index contributed by atoms with van der Waals surface area (Å²) in [5.74, 6) is 1.00. The first-order valence-electron chi connectivity index (χ1n) is 13.3. The molecule has 43 heavy (non-hydrogen) atoms. The third-order valence-corrected chi connectivity index (χ3v) is 9.32. The molecule has 220 valence electrons. The zero-order valence-corrected chi connectivity index (χ0v) is 28.7. The summed E-state index contributed by atoms with van der Waals surface area (Å²) in [6.07, 6.45) is 1.84. The number of carbonyl (C=O) groups is 1. The molecule has 1 aliphatic heterocycles. The first-order valence-corrected chi connectivity index (χ1v) is 16.3. The van der Waals surface area contributed by atoms with Crippen molar-refractivity contribution in [2.45, 2.75) is 27.4 Å². The van der Waals surface area contributed by atoms with Gasteiger partial charge in [0.2, 0.25) is 0 Å². The van der Waals surface area contributed by atoms with E-state index < -0.39 is 0 Å². The molecule has 4 aromatic carbocycles. The minimum absolute atomic E-state index is 0.212. The van der Waals surface area contributed by atoms with Crippen LogP contribution in [0.15, 0.2) is 82.7 Å². The fraction of sp³-hybridized carbons (Fsp3) is 0.152. The summed E-state index contributed by atoms with van der Waals surface area (Å²) in [5.41, 5.74) is 4.87. The fourth-order valence-electron chi connectivity index (χ4n) is 4.27. The van der Waals surface area contributed by atoms with Crippen molar-refractivity contribution in [3.8, 4) is 11.5 Å². The highest BCUT2D eigenvalue weighted by Gasteiger charge is 2.35. The molecule has 5 nitrogen and oxygen atoms in total. The second-order valence-corrected chi connectivity index (χ2v) is 13.1. The van der Waals surface area contributed by atoms with Crippen LogP contribution >= 0.6 is 69.2 Å². The van der Waals surface area contributed by atoms with E-state index in [1.165, 1.54) is 11.8 Å². The summed E-state index contributed by atoms with van der Waals surface area (Å²) in [6.45, 7) is 6.55. The first kappa shape index (κ1) is 31.7. The summed E-state index contributed by atoms with van der Waals surface area (Å²) >= 11 is 22.5. The number of rotatable bonds is 8. The number of nitrogens with zero attached hydrogens (tertiary/aromatic N) is 2. The molecule has 1 aliphatic rings. The van der Waals surface area contributed by atoms with Crippen molar-refractivity contribution in [1.82, 2.24) is 0 Å². The van der Waals surface area contributed by atoms with Crippen molar-refractivity contribution < 1.29 is 14.3 Å². The van der Waals surface area contributed by atoms with Crippen molar-refractivity contribution in [3.63, 3.8) is 0 Å². The maximum Gasteiger partial charge on any atom is 0.271 e. The van der Waals surface area contributed by atoms with Gasteiger partial charge in [0, 0.05) is 15.1 Å². The van der Waals surface area contributed by atoms with Crippen molar-refractivity contribution >= 4 is 97.7 Å². The van der Waals surface area contributed by atoms with Crippen LogP contribution in [0.4, 0.5) is 11.4 Å². The Kier molecular flexibility index (Phi) is 10.3. The summed E-state index contributed by atoms with van der Waals surface area (Å²) < 4.78 is 13.0. The molecule has 0 radical (unpaired) electrons. The Morgan fingerprint density at radius 1 is 0.930 bits per heavy atom. The van der Waals surface area contributed by atoms with Gasteiger partial charge in [-0.15, -0.1) is 0 Å². The van der Waals surface area contributed by atoms with E-state index in [-0.39, 0.29) is 5.91 Å². The maximum atomic E-state index is 13.9. The topological polar surface area (TPSA) is 51.1 Å². The molecule has 0 N–H and O–H groups in total. The monoisotopic (exact) mass is 762 g/mol. The zero-order valence-electron chi connectivity index (χ0n) is 23.5. The van der Waals surface area contributed by atoms with Gasteiger partial charge in [-0.2, -0.15) is 0 Å². The Hall–Kier alpha value is -2.69. The van der Waals surface area contributed by atoms with E-state index in [2.05, 4.69) is 22.6 Å². The molecule has 4 aromatic rings. The number of thioether (sulfide) groups is 1. The predicted molar refractivity (Wildman–Crippen MR) is 189 cm³/mol. The zero-order chi connectivity index (χ0) is 30.7. The van der Waals surface area contributed by atoms with Gasteiger partial charge in [0.15, 0.2) is 16.7 Å². The second kappa shape index (κ2) is 13.9. The number of anilines is 1. The maximum absolute atomic E-state index is 13.9. The summed E-state index contributed by atoms with van der Waals surface area (Å²) in [4.78, 5) is 20.8. The molecule has 0 saturated carbocycles. The number of amides is 1. The number of carbonyl (C=O) groups excluding carboxylic acids is 1. The van der Waals surface area contributed by atoms with Crippen LogP contribution in [-0.2, 0) is 11.4 Å². The van der Waals surface area contributed by atoms with Gasteiger partial charge in [0.1, 0.15) is 6.61 Å². The van der Waals surface area contributed by atoms with Crippen LogP contribution in [0, 0.1) is 17.4 Å². The van der Waals surface area contributed by atoms with Crippen molar-refractivity contribution in [1.29, 1.82) is 0 Å². The van der Waals surface area contributed by atoms with Gasteiger partial charge in [-0.3, -0.25) is 9.69 Å². The van der Waals surface area contributed by atoms with Crippen LogP contribution in [0.2, 0.25) is 15.1 Å². The average Bonchev–Trinajstić information content (AvgIpc) is 3.26. The van der Waals surface area contributed by atoms with Gasteiger partial charge in [-0.1, -0.05) is 59.1 Å². The molecular formula is C33H26Cl3IN2O3S.